The second-order valence-electron chi connectivity index (χ2n) is 3.54. The van der Waals surface area contributed by atoms with Crippen LogP contribution in [-0.2, 0) is 16.1 Å². The predicted octanol–water partition coefficient (Wildman–Crippen LogP) is -1.30. The van der Waals surface area contributed by atoms with E-state index in [4.69, 9.17) is 5.11 Å². The van der Waals surface area contributed by atoms with Gasteiger partial charge in [0.05, 0.1) is 0 Å². The third kappa shape index (κ3) is 2.37. The van der Waals surface area contributed by atoms with Crippen molar-refractivity contribution in [2.45, 2.75) is 6.54 Å². The zero-order valence-corrected chi connectivity index (χ0v) is 9.24. The maximum absolute atomic E-state index is 11.8. The van der Waals surface area contributed by atoms with Gasteiger partial charge in [0, 0.05) is 6.20 Å². The molecule has 94 valence electrons. The van der Waals surface area contributed by atoms with Crippen molar-refractivity contribution in [3.63, 3.8) is 0 Å². The number of carboxylic acid groups (broad SMARTS) is 1. The lowest BCUT2D eigenvalue weighted by Crippen LogP contribution is -2.35. The number of nitrogens with zero attached hydrogens (tertiary/aromatic N) is 3. The van der Waals surface area contributed by atoms with E-state index in [0.29, 0.717) is 5.65 Å². The molecule has 18 heavy (non-hydrogen) atoms. The molecule has 8 nitrogen and oxygen atoms in total. The number of carboxylic acids is 1. The van der Waals surface area contributed by atoms with Gasteiger partial charge in [0.15, 0.2) is 5.65 Å². The van der Waals surface area contributed by atoms with Gasteiger partial charge in [0.25, 0.3) is 0 Å². The summed E-state index contributed by atoms with van der Waals surface area (Å²) in [5.41, 5.74) is -0.0235. The van der Waals surface area contributed by atoms with Crippen molar-refractivity contribution in [1.82, 2.24) is 19.5 Å². The molecule has 0 bridgehead atoms. The zero-order chi connectivity index (χ0) is 13.1. The fourth-order valence-corrected chi connectivity index (χ4v) is 1.44. The molecule has 0 unspecified atom stereocenters. The molecule has 0 aliphatic heterocycles. The average molecular weight is 250 g/mol. The number of fused-ring (bicyclic) bond motifs is 1. The lowest BCUT2D eigenvalue weighted by molar-refractivity contribution is -0.138. The van der Waals surface area contributed by atoms with E-state index in [0.717, 1.165) is 4.68 Å². The molecule has 0 fully saturated rings. The SMILES string of the molecule is O=C(O)CNC(=O)Cn1nc2ccccn2c1=O. The standard InChI is InChI=1S/C10H10N4O4/c15-8(11-5-9(16)17)6-14-10(18)13-4-2-1-3-7(13)12-14/h1-4H,5-6H2,(H,11,15)(H,16,17). The maximum Gasteiger partial charge on any atom is 0.350 e. The summed E-state index contributed by atoms with van der Waals surface area (Å²) in [5, 5.41) is 14.5. The van der Waals surface area contributed by atoms with Crippen molar-refractivity contribution < 1.29 is 14.7 Å². The van der Waals surface area contributed by atoms with Crippen LogP contribution in [0.5, 0.6) is 0 Å². The first-order chi connectivity index (χ1) is 8.58. The normalized spacial score (nSPS) is 10.4. The van der Waals surface area contributed by atoms with E-state index in [9.17, 15) is 14.4 Å². The first-order valence-electron chi connectivity index (χ1n) is 5.10. The molecule has 0 aliphatic carbocycles. The van der Waals surface area contributed by atoms with Gasteiger partial charge in [-0.15, -0.1) is 5.10 Å². The number of nitrogens with one attached hydrogen (secondary N) is 1. The van der Waals surface area contributed by atoms with E-state index in [2.05, 4.69) is 10.4 Å². The Hall–Kier alpha value is -2.64. The lowest BCUT2D eigenvalue weighted by atomic mass is 10.5. The summed E-state index contributed by atoms with van der Waals surface area (Å²) in [4.78, 5) is 33.4. The summed E-state index contributed by atoms with van der Waals surface area (Å²) in [6.45, 7) is -0.797. The van der Waals surface area contributed by atoms with Crippen molar-refractivity contribution in [3.05, 3.63) is 34.9 Å². The highest BCUT2D eigenvalue weighted by Gasteiger charge is 2.10. The second-order valence-corrected chi connectivity index (χ2v) is 3.54. The summed E-state index contributed by atoms with van der Waals surface area (Å²) < 4.78 is 2.27. The Morgan fingerprint density at radius 3 is 2.83 bits per heavy atom. The molecule has 0 aromatic carbocycles. The van der Waals surface area contributed by atoms with Crippen LogP contribution in [0.3, 0.4) is 0 Å². The minimum absolute atomic E-state index is 0.312. The van der Waals surface area contributed by atoms with Crippen LogP contribution in [0, 0.1) is 0 Å². The smallest absolute Gasteiger partial charge is 0.350 e. The van der Waals surface area contributed by atoms with Crippen molar-refractivity contribution >= 4 is 17.5 Å². The number of aromatic nitrogens is 3. The van der Waals surface area contributed by atoms with Crippen molar-refractivity contribution in [3.8, 4) is 0 Å². The molecule has 0 atom stereocenters. The number of amides is 1. The second kappa shape index (κ2) is 4.70. The fourth-order valence-electron chi connectivity index (χ4n) is 1.44. The molecule has 2 N–H and O–H groups in total. The van der Waals surface area contributed by atoms with E-state index < -0.39 is 24.1 Å². The zero-order valence-electron chi connectivity index (χ0n) is 9.24. The molecular formula is C10H10N4O4. The Morgan fingerprint density at radius 2 is 2.17 bits per heavy atom. The quantitative estimate of drug-likeness (QED) is 0.701. The molecule has 2 rings (SSSR count). The number of aliphatic carboxylic acids is 1. The van der Waals surface area contributed by atoms with Crippen molar-refractivity contribution in [1.29, 1.82) is 0 Å². The number of carbonyl (C=O) groups excluding carboxylic acids is 1. The van der Waals surface area contributed by atoms with Gasteiger partial charge in [0.1, 0.15) is 13.1 Å². The highest BCUT2D eigenvalue weighted by Crippen LogP contribution is 1.94. The van der Waals surface area contributed by atoms with Gasteiger partial charge >= 0.3 is 11.7 Å². The minimum Gasteiger partial charge on any atom is -0.480 e. The topological polar surface area (TPSA) is 106 Å². The van der Waals surface area contributed by atoms with Crippen molar-refractivity contribution in [2.75, 3.05) is 6.54 Å². The summed E-state index contributed by atoms with van der Waals surface area (Å²) in [6, 6.07) is 5.02. The molecule has 8 heteroatoms. The molecule has 0 saturated heterocycles. The summed E-state index contributed by atoms with van der Waals surface area (Å²) in [5.74, 6) is -1.73. The third-order valence-electron chi connectivity index (χ3n) is 2.22. The van der Waals surface area contributed by atoms with Crippen LogP contribution in [0.1, 0.15) is 0 Å². The van der Waals surface area contributed by atoms with Gasteiger partial charge in [0.2, 0.25) is 5.91 Å². The number of hydrogen-bond acceptors (Lipinski definition) is 4. The molecular weight excluding hydrogens is 240 g/mol. The van der Waals surface area contributed by atoms with Crippen molar-refractivity contribution in [2.24, 2.45) is 0 Å². The lowest BCUT2D eigenvalue weighted by Gasteiger charge is -2.00. The molecule has 2 heterocycles. The largest absolute Gasteiger partial charge is 0.480 e. The maximum atomic E-state index is 11.8. The van der Waals surface area contributed by atoms with Gasteiger partial charge in [-0.25, -0.2) is 9.48 Å². The average Bonchev–Trinajstić information content (AvgIpc) is 2.65. The Labute approximate surface area is 100 Å². The Bertz CT molecular complexity index is 657. The van der Waals surface area contributed by atoms with Crippen LogP contribution in [0.4, 0.5) is 0 Å². The molecule has 0 spiro atoms. The van der Waals surface area contributed by atoms with Crippen LogP contribution in [0.15, 0.2) is 29.2 Å². The molecule has 2 aromatic heterocycles. The van der Waals surface area contributed by atoms with Crippen LogP contribution >= 0.6 is 0 Å². The highest BCUT2D eigenvalue weighted by atomic mass is 16.4. The van der Waals surface area contributed by atoms with Gasteiger partial charge in [-0.05, 0) is 12.1 Å². The fraction of sp³-hybridized carbons (Fsp3) is 0.200. The van der Waals surface area contributed by atoms with Crippen LogP contribution in [0.25, 0.3) is 5.65 Å². The first kappa shape index (κ1) is 11.8. The first-order valence-corrected chi connectivity index (χ1v) is 5.10. The van der Waals surface area contributed by atoms with E-state index in [1.807, 2.05) is 0 Å². The van der Waals surface area contributed by atoms with Gasteiger partial charge < -0.3 is 10.4 Å². The van der Waals surface area contributed by atoms with Crippen LogP contribution in [0.2, 0.25) is 0 Å². The number of hydrogen-bond donors (Lipinski definition) is 2. The summed E-state index contributed by atoms with van der Waals surface area (Å²) in [6.07, 6.45) is 1.54. The Balaban J connectivity index is 2.17. The minimum atomic E-state index is -1.15. The van der Waals surface area contributed by atoms with Crippen LogP contribution < -0.4 is 11.0 Å². The number of rotatable bonds is 4. The molecule has 1 amide bonds. The molecule has 0 aliphatic rings. The van der Waals surface area contributed by atoms with Crippen LogP contribution in [-0.4, -0.2) is 37.7 Å². The third-order valence-corrected chi connectivity index (χ3v) is 2.22. The number of carbonyl (C=O) groups is 2. The molecule has 0 radical (unpaired) electrons. The predicted molar refractivity (Wildman–Crippen MR) is 60.1 cm³/mol. The van der Waals surface area contributed by atoms with Gasteiger partial charge in [-0.2, -0.15) is 0 Å². The van der Waals surface area contributed by atoms with E-state index >= 15 is 0 Å². The number of pyridine rings is 1. The highest BCUT2D eigenvalue weighted by molar-refractivity contribution is 5.80. The van der Waals surface area contributed by atoms with Gasteiger partial charge in [-0.1, -0.05) is 6.07 Å². The Kier molecular flexibility index (Phi) is 3.09. The monoisotopic (exact) mass is 250 g/mol. The van der Waals surface area contributed by atoms with Gasteiger partial charge in [-0.3, -0.25) is 14.0 Å². The Morgan fingerprint density at radius 1 is 1.39 bits per heavy atom. The summed E-state index contributed by atoms with van der Waals surface area (Å²) >= 11 is 0. The van der Waals surface area contributed by atoms with E-state index in [-0.39, 0.29) is 6.54 Å². The van der Waals surface area contributed by atoms with E-state index in [1.54, 1.807) is 18.2 Å². The van der Waals surface area contributed by atoms with E-state index in [1.165, 1.54) is 10.6 Å². The molecule has 0 saturated carbocycles. The summed E-state index contributed by atoms with van der Waals surface area (Å²) in [7, 11) is 0. The molecule has 2 aromatic rings.